The van der Waals surface area contributed by atoms with Crippen molar-refractivity contribution in [2.45, 2.75) is 63.8 Å². The Balaban J connectivity index is 1.36. The van der Waals surface area contributed by atoms with Crippen molar-refractivity contribution in [2.75, 3.05) is 32.7 Å². The number of nitrogens with zero attached hydrogens (tertiary/aromatic N) is 2. The molecule has 0 saturated carbocycles. The molecule has 1 amide bonds. The Bertz CT molecular complexity index is 1040. The molecule has 196 valence electrons. The van der Waals surface area contributed by atoms with E-state index in [0.29, 0.717) is 35.5 Å². The van der Waals surface area contributed by atoms with Gasteiger partial charge in [-0.05, 0) is 104 Å². The van der Waals surface area contributed by atoms with Crippen LogP contribution < -0.4 is 5.73 Å². The fourth-order valence-corrected chi connectivity index (χ4v) is 6.14. The van der Waals surface area contributed by atoms with Crippen LogP contribution in [0.4, 0.5) is 4.39 Å². The highest BCUT2D eigenvalue weighted by molar-refractivity contribution is 6.30. The highest BCUT2D eigenvalue weighted by atomic mass is 35.5. The zero-order valence-electron chi connectivity index (χ0n) is 21.2. The Kier molecular flexibility index (Phi) is 9.68. The van der Waals surface area contributed by atoms with Crippen LogP contribution in [0.3, 0.4) is 0 Å². The summed E-state index contributed by atoms with van der Waals surface area (Å²) in [6, 6.07) is 10.1. The van der Waals surface area contributed by atoms with Crippen molar-refractivity contribution in [3.63, 3.8) is 0 Å². The fraction of sp³-hybridized carbons (Fsp3) is 0.552. The third-order valence-electron chi connectivity index (χ3n) is 7.92. The molecule has 2 aromatic carbocycles. The van der Waals surface area contributed by atoms with Gasteiger partial charge in [0.1, 0.15) is 5.82 Å². The summed E-state index contributed by atoms with van der Waals surface area (Å²) in [7, 11) is 0. The van der Waals surface area contributed by atoms with Crippen LogP contribution in [0.1, 0.15) is 61.6 Å². The summed E-state index contributed by atoms with van der Waals surface area (Å²) in [6.45, 7) is 7.20. The molecule has 2 heterocycles. The normalized spacial score (nSPS) is 19.0. The molecule has 0 spiro atoms. The summed E-state index contributed by atoms with van der Waals surface area (Å²) in [5.74, 6) is 0.481. The molecule has 2 aliphatic heterocycles. The van der Waals surface area contributed by atoms with Gasteiger partial charge in [0, 0.05) is 29.7 Å². The number of nitrogens with two attached hydrogens (primary N) is 1. The summed E-state index contributed by atoms with van der Waals surface area (Å²) in [5.41, 5.74) is 9.35. The first-order valence-corrected chi connectivity index (χ1v) is 14.1. The Morgan fingerprint density at radius 2 is 1.67 bits per heavy atom. The number of hydrogen-bond acceptors (Lipinski definition) is 3. The van der Waals surface area contributed by atoms with E-state index < -0.39 is 11.9 Å². The second-order valence-electron chi connectivity index (χ2n) is 10.5. The molecule has 0 aliphatic carbocycles. The minimum absolute atomic E-state index is 0.115. The molecule has 4 nitrogen and oxygen atoms in total. The predicted octanol–water partition coefficient (Wildman–Crippen LogP) is 6.07. The monoisotopic (exact) mass is 533 g/mol. The van der Waals surface area contributed by atoms with Gasteiger partial charge in [0.05, 0.1) is 6.04 Å². The maximum Gasteiger partial charge on any atom is 0.239 e. The smallest absolute Gasteiger partial charge is 0.239 e. The number of amides is 1. The highest BCUT2D eigenvalue weighted by Gasteiger charge is 2.29. The van der Waals surface area contributed by atoms with Crippen molar-refractivity contribution < 1.29 is 9.18 Å². The topological polar surface area (TPSA) is 49.6 Å². The van der Waals surface area contributed by atoms with E-state index in [1.165, 1.54) is 43.1 Å². The number of rotatable bonds is 9. The molecule has 0 aromatic heterocycles. The van der Waals surface area contributed by atoms with Crippen molar-refractivity contribution in [1.29, 1.82) is 0 Å². The molecule has 2 saturated heterocycles. The SMILES string of the molecule is CC[C@H](Cc1cc(Cl)ccc1C1CCN(C(=O)[C@H](N)Cc2ccc(Cl)cc2F)CC1)CN1CCCC1. The van der Waals surface area contributed by atoms with Crippen LogP contribution in [-0.4, -0.2) is 54.5 Å². The lowest BCUT2D eigenvalue weighted by molar-refractivity contribution is -0.133. The van der Waals surface area contributed by atoms with Crippen molar-refractivity contribution in [1.82, 2.24) is 9.80 Å². The van der Waals surface area contributed by atoms with E-state index in [1.54, 1.807) is 12.1 Å². The average Bonchev–Trinajstić information content (AvgIpc) is 3.38. The Morgan fingerprint density at radius 3 is 2.33 bits per heavy atom. The van der Waals surface area contributed by atoms with Crippen LogP contribution in [0.5, 0.6) is 0 Å². The molecule has 36 heavy (non-hydrogen) atoms. The summed E-state index contributed by atoms with van der Waals surface area (Å²) in [4.78, 5) is 17.5. The maximum atomic E-state index is 14.2. The second kappa shape index (κ2) is 12.7. The largest absolute Gasteiger partial charge is 0.341 e. The summed E-state index contributed by atoms with van der Waals surface area (Å²) in [6.07, 6.45) is 6.78. The minimum Gasteiger partial charge on any atom is -0.341 e. The fourth-order valence-electron chi connectivity index (χ4n) is 5.79. The average molecular weight is 535 g/mol. The number of likely N-dealkylation sites (tertiary alicyclic amines) is 2. The molecule has 2 N–H and O–H groups in total. The number of carbonyl (C=O) groups excluding carboxylic acids is 1. The molecule has 4 rings (SSSR count). The molecule has 7 heteroatoms. The van der Waals surface area contributed by atoms with E-state index in [9.17, 15) is 9.18 Å². The first-order valence-electron chi connectivity index (χ1n) is 13.3. The summed E-state index contributed by atoms with van der Waals surface area (Å²) in [5, 5.41) is 1.12. The molecule has 0 unspecified atom stereocenters. The molecule has 0 radical (unpaired) electrons. The van der Waals surface area contributed by atoms with Gasteiger partial charge in [0.2, 0.25) is 5.91 Å². The predicted molar refractivity (Wildman–Crippen MR) is 146 cm³/mol. The number of piperidine rings is 1. The highest BCUT2D eigenvalue weighted by Crippen LogP contribution is 2.34. The van der Waals surface area contributed by atoms with Crippen molar-refractivity contribution >= 4 is 29.1 Å². The minimum atomic E-state index is -0.765. The molecular weight excluding hydrogens is 496 g/mol. The maximum absolute atomic E-state index is 14.2. The van der Waals surface area contributed by atoms with Crippen LogP contribution in [0.15, 0.2) is 36.4 Å². The van der Waals surface area contributed by atoms with Crippen molar-refractivity contribution in [3.05, 3.63) is 69.0 Å². The van der Waals surface area contributed by atoms with E-state index >= 15 is 0 Å². The third kappa shape index (κ3) is 7.00. The van der Waals surface area contributed by atoms with Gasteiger partial charge >= 0.3 is 0 Å². The van der Waals surface area contributed by atoms with Crippen LogP contribution in [0, 0.1) is 11.7 Å². The van der Waals surface area contributed by atoms with Crippen LogP contribution >= 0.6 is 23.2 Å². The Hall–Kier alpha value is -1.66. The van der Waals surface area contributed by atoms with Gasteiger partial charge in [-0.25, -0.2) is 4.39 Å². The van der Waals surface area contributed by atoms with E-state index in [0.717, 1.165) is 37.3 Å². The van der Waals surface area contributed by atoms with Crippen LogP contribution in [0.25, 0.3) is 0 Å². The molecule has 0 bridgehead atoms. The van der Waals surface area contributed by atoms with Gasteiger partial charge in [-0.15, -0.1) is 0 Å². The van der Waals surface area contributed by atoms with Gasteiger partial charge < -0.3 is 15.5 Å². The van der Waals surface area contributed by atoms with Gasteiger partial charge in [-0.3, -0.25) is 4.79 Å². The summed E-state index contributed by atoms with van der Waals surface area (Å²) >= 11 is 12.3. The zero-order valence-corrected chi connectivity index (χ0v) is 22.7. The number of halogens is 3. The van der Waals surface area contributed by atoms with Gasteiger partial charge in [0.15, 0.2) is 0 Å². The number of hydrogen-bond donors (Lipinski definition) is 1. The third-order valence-corrected chi connectivity index (χ3v) is 8.39. The van der Waals surface area contributed by atoms with E-state index in [-0.39, 0.29) is 12.3 Å². The lowest BCUT2D eigenvalue weighted by Gasteiger charge is -2.35. The van der Waals surface area contributed by atoms with E-state index in [4.69, 9.17) is 28.9 Å². The second-order valence-corrected chi connectivity index (χ2v) is 11.3. The quantitative estimate of drug-likeness (QED) is 0.425. The zero-order chi connectivity index (χ0) is 25.7. The molecular formula is C29H38Cl2FN3O. The van der Waals surface area contributed by atoms with E-state index in [1.807, 2.05) is 11.0 Å². The van der Waals surface area contributed by atoms with E-state index in [2.05, 4.69) is 24.0 Å². The van der Waals surface area contributed by atoms with Gasteiger partial charge in [-0.1, -0.05) is 48.7 Å². The van der Waals surface area contributed by atoms with Gasteiger partial charge in [-0.2, -0.15) is 0 Å². The number of carbonyl (C=O) groups is 1. The molecule has 2 aliphatic rings. The summed E-state index contributed by atoms with van der Waals surface area (Å²) < 4.78 is 14.2. The lowest BCUT2D eigenvalue weighted by Crippen LogP contribution is -2.48. The van der Waals surface area contributed by atoms with Crippen molar-refractivity contribution in [2.24, 2.45) is 11.7 Å². The Morgan fingerprint density at radius 1 is 1.00 bits per heavy atom. The molecule has 2 aromatic rings. The van der Waals surface area contributed by atoms with Crippen molar-refractivity contribution in [3.8, 4) is 0 Å². The number of benzene rings is 2. The first-order chi connectivity index (χ1) is 17.3. The standard InChI is InChI=1S/C29H38Cl2FN3O/c1-2-20(19-34-11-3-4-12-34)15-23-16-24(30)7-8-26(23)21-9-13-35(14-10-21)29(36)28(33)17-22-5-6-25(31)18-27(22)32/h5-8,16,18,20-21,28H,2-4,9-15,17,19,33H2,1H3/t20-,28-/m1/s1. The van der Waals surface area contributed by atoms with Crippen LogP contribution in [0.2, 0.25) is 10.0 Å². The van der Waals surface area contributed by atoms with Gasteiger partial charge in [0.25, 0.3) is 0 Å². The first kappa shape index (κ1) is 27.4. The lowest BCUT2D eigenvalue weighted by atomic mass is 9.83. The molecule has 2 atom stereocenters. The Labute approximate surface area is 224 Å². The van der Waals surface area contributed by atoms with Crippen LogP contribution in [-0.2, 0) is 17.6 Å². The molecule has 2 fully saturated rings.